The average molecular weight is 799 g/mol. The zero-order valence-electron chi connectivity index (χ0n) is 32.3. The van der Waals surface area contributed by atoms with Gasteiger partial charge < -0.3 is 29.4 Å². The number of amides is 3. The molecule has 4 rings (SSSR count). The molecule has 1 aliphatic carbocycles. The minimum atomic E-state index is -3.92. The smallest absolute Gasteiger partial charge is 0.265 e. The molecule has 0 spiro atoms. The van der Waals surface area contributed by atoms with Crippen LogP contribution in [0.2, 0.25) is 0 Å². The summed E-state index contributed by atoms with van der Waals surface area (Å²) in [6.45, 7) is 2.66. The van der Waals surface area contributed by atoms with Gasteiger partial charge in [-0.1, -0.05) is 12.8 Å². The molecule has 13 nitrogen and oxygen atoms in total. The van der Waals surface area contributed by atoms with Crippen LogP contribution in [0.3, 0.4) is 0 Å². The van der Waals surface area contributed by atoms with Gasteiger partial charge in [0.05, 0.1) is 32.1 Å². The van der Waals surface area contributed by atoms with Gasteiger partial charge in [0.15, 0.2) is 0 Å². The van der Waals surface area contributed by atoms with Gasteiger partial charge in [-0.2, -0.15) is 0 Å². The number of halogens is 1. The van der Waals surface area contributed by atoms with Crippen LogP contribution in [0.25, 0.3) is 33.4 Å². The van der Waals surface area contributed by atoms with E-state index in [4.69, 9.17) is 25.5 Å². The molecule has 3 amide bonds. The van der Waals surface area contributed by atoms with Crippen LogP contribution in [0, 0.1) is 0 Å². The minimum absolute atomic E-state index is 0.0315. The zero-order valence-corrected chi connectivity index (χ0v) is 33.9. The summed E-state index contributed by atoms with van der Waals surface area (Å²) in [6.07, 6.45) is 6.10. The Bertz CT molecular complexity index is 2100. The van der Waals surface area contributed by atoms with Gasteiger partial charge in [0.25, 0.3) is 11.8 Å². The molecule has 0 unspecified atom stereocenters. The van der Waals surface area contributed by atoms with Crippen LogP contribution >= 0.6 is 11.6 Å². The van der Waals surface area contributed by atoms with E-state index >= 15 is 0 Å². The van der Waals surface area contributed by atoms with Gasteiger partial charge in [-0.05, 0) is 61.2 Å². The average Bonchev–Trinajstić information content (AvgIpc) is 3.15. The number of carbonyl (C=O) groups is 3. The van der Waals surface area contributed by atoms with Crippen molar-refractivity contribution in [3.8, 4) is 22.5 Å². The van der Waals surface area contributed by atoms with Gasteiger partial charge in [-0.3, -0.25) is 14.4 Å². The van der Waals surface area contributed by atoms with E-state index in [1.807, 2.05) is 67.0 Å². The highest BCUT2D eigenvalue weighted by atomic mass is 35.5. The van der Waals surface area contributed by atoms with Crippen molar-refractivity contribution >= 4 is 56.0 Å². The number of anilines is 1. The summed E-state index contributed by atoms with van der Waals surface area (Å²) in [7, 11) is 3.45. The van der Waals surface area contributed by atoms with E-state index in [1.165, 1.54) is 12.1 Å². The first-order chi connectivity index (χ1) is 26.3. The van der Waals surface area contributed by atoms with E-state index < -0.39 is 21.8 Å². The second-order valence-electron chi connectivity index (χ2n) is 13.5. The molecule has 0 bridgehead atoms. The molecule has 3 N–H and O–H groups in total. The molecule has 0 atom stereocenters. The van der Waals surface area contributed by atoms with Crippen LogP contribution in [0.15, 0.2) is 59.0 Å². The van der Waals surface area contributed by atoms with Crippen molar-refractivity contribution in [1.29, 1.82) is 0 Å². The summed E-state index contributed by atoms with van der Waals surface area (Å²) in [5.41, 5.74) is 3.27. The number of hydrogen-bond acceptors (Lipinski definition) is 9. The van der Waals surface area contributed by atoms with Crippen molar-refractivity contribution in [3.05, 3.63) is 71.1 Å². The van der Waals surface area contributed by atoms with Gasteiger partial charge in [0.1, 0.15) is 25.4 Å². The van der Waals surface area contributed by atoms with Crippen molar-refractivity contribution in [1.82, 2.24) is 19.9 Å². The van der Waals surface area contributed by atoms with Crippen molar-refractivity contribution in [2.24, 2.45) is 0 Å². The Balaban J connectivity index is 1.67. The fraction of sp³-hybridized carbons (Fsp3) is 0.450. The molecule has 2 aromatic carbocycles. The third kappa shape index (κ3) is 12.8. The predicted molar refractivity (Wildman–Crippen MR) is 217 cm³/mol. The standard InChI is InChI=1S/C40H52ClN5O8S/c1-42-37(47)11-10-20-46(4)30-14-17-33-36(27-30)54-35-26-29(45(2)3)13-16-32(35)38(33)34-25-28(12-15-31(34)40(49)44-55(5,50)51)39(48)43-19-22-53-24-23-52-21-9-7-6-8-18-41/h12-17,25-27H,6-11,18-24H2,1-5H3,(H2-,42,43,44,47,48,49)/p+1. The number of alkyl halides is 1. The van der Waals surface area contributed by atoms with E-state index in [9.17, 15) is 22.8 Å². The fourth-order valence-electron chi connectivity index (χ4n) is 6.03. The van der Waals surface area contributed by atoms with Crippen LogP contribution < -0.4 is 30.2 Å². The lowest BCUT2D eigenvalue weighted by Gasteiger charge is -2.22. The third-order valence-electron chi connectivity index (χ3n) is 8.97. The van der Waals surface area contributed by atoms with Crippen LogP contribution in [-0.2, 0) is 24.3 Å². The highest BCUT2D eigenvalue weighted by Crippen LogP contribution is 2.42. The number of hydrogen-bond donors (Lipinski definition) is 3. The highest BCUT2D eigenvalue weighted by Gasteiger charge is 2.25. The van der Waals surface area contributed by atoms with E-state index in [2.05, 4.69) is 15.4 Å². The van der Waals surface area contributed by atoms with Gasteiger partial charge in [0.2, 0.25) is 21.3 Å². The number of nitrogens with one attached hydrogen (secondary N) is 3. The monoisotopic (exact) mass is 798 g/mol. The second kappa shape index (κ2) is 21.0. The van der Waals surface area contributed by atoms with E-state index in [1.54, 1.807) is 13.1 Å². The first kappa shape index (κ1) is 43.2. The molecule has 1 aliphatic heterocycles. The molecule has 0 aromatic heterocycles. The summed E-state index contributed by atoms with van der Waals surface area (Å²) in [5.74, 6) is -0.0616. The lowest BCUT2D eigenvalue weighted by molar-refractivity contribution is -0.120. The number of fused-ring (bicyclic) bond motifs is 2. The summed E-state index contributed by atoms with van der Waals surface area (Å²) >= 11 is 5.71. The largest absolute Gasteiger partial charge is 0.456 e. The molecule has 55 heavy (non-hydrogen) atoms. The van der Waals surface area contributed by atoms with Crippen LogP contribution in [-0.4, -0.2) is 106 Å². The second-order valence-corrected chi connectivity index (χ2v) is 15.6. The van der Waals surface area contributed by atoms with Gasteiger partial charge in [-0.15, -0.1) is 11.6 Å². The molecule has 0 saturated heterocycles. The van der Waals surface area contributed by atoms with E-state index in [-0.39, 0.29) is 30.2 Å². The Labute approximate surface area is 328 Å². The fourth-order valence-corrected chi connectivity index (χ4v) is 6.67. The summed E-state index contributed by atoms with van der Waals surface area (Å²) in [6, 6.07) is 15.9. The summed E-state index contributed by atoms with van der Waals surface area (Å²) in [4.78, 5) is 40.9. The SMILES string of the molecule is CNC(=O)CCCN(C)c1ccc2c(-c3cc(C(=O)NCCOCCOCCCCCCCl)ccc3C(=O)NS(C)(=O)=O)c3ccc(=[N+](C)C)cc-3oc2c1. The Morgan fingerprint density at radius 1 is 0.855 bits per heavy atom. The third-order valence-corrected chi connectivity index (χ3v) is 9.80. The van der Waals surface area contributed by atoms with E-state index in [0.29, 0.717) is 78.5 Å². The van der Waals surface area contributed by atoms with Crippen molar-refractivity contribution in [2.45, 2.75) is 38.5 Å². The Kier molecular flexibility index (Phi) is 16.5. The number of rotatable bonds is 21. The molecular weight excluding hydrogens is 746 g/mol. The molecule has 15 heteroatoms. The predicted octanol–water partition coefficient (Wildman–Crippen LogP) is 4.45. The van der Waals surface area contributed by atoms with Crippen molar-refractivity contribution in [2.75, 3.05) is 84.7 Å². The maximum absolute atomic E-state index is 13.6. The number of sulfonamides is 1. The maximum Gasteiger partial charge on any atom is 0.265 e. The normalized spacial score (nSPS) is 11.5. The number of nitrogens with zero attached hydrogens (tertiary/aromatic N) is 2. The van der Waals surface area contributed by atoms with E-state index in [0.717, 1.165) is 43.0 Å². The lowest BCUT2D eigenvalue weighted by Crippen LogP contribution is -2.30. The minimum Gasteiger partial charge on any atom is -0.456 e. The van der Waals surface area contributed by atoms with Crippen LogP contribution in [0.5, 0.6) is 0 Å². The molecule has 2 aliphatic rings. The molecule has 1 heterocycles. The Morgan fingerprint density at radius 3 is 2.31 bits per heavy atom. The number of unbranched alkanes of at least 4 members (excludes halogenated alkanes) is 3. The van der Waals surface area contributed by atoms with Gasteiger partial charge in [-0.25, -0.2) is 17.7 Å². The number of benzene rings is 3. The maximum atomic E-state index is 13.6. The van der Waals surface area contributed by atoms with Gasteiger partial charge in [0, 0.05) is 91.6 Å². The molecular formula is C40H53ClN5O8S+. The first-order valence-electron chi connectivity index (χ1n) is 18.4. The molecule has 0 fully saturated rings. The molecule has 0 radical (unpaired) electrons. The Hall–Kier alpha value is -4.50. The summed E-state index contributed by atoms with van der Waals surface area (Å²) < 4.78 is 46.2. The van der Waals surface area contributed by atoms with Crippen molar-refractivity contribution in [3.63, 3.8) is 0 Å². The lowest BCUT2D eigenvalue weighted by atomic mass is 9.89. The number of carbonyl (C=O) groups excluding carboxylic acids is 3. The zero-order chi connectivity index (χ0) is 40.0. The quantitative estimate of drug-likeness (QED) is 0.0480. The number of ether oxygens (including phenoxy) is 2. The first-order valence-corrected chi connectivity index (χ1v) is 20.8. The van der Waals surface area contributed by atoms with Crippen LogP contribution in [0.4, 0.5) is 5.69 Å². The Morgan fingerprint density at radius 2 is 1.60 bits per heavy atom. The molecule has 2 aromatic rings. The molecule has 0 saturated carbocycles. The topological polar surface area (TPSA) is 159 Å². The van der Waals surface area contributed by atoms with Crippen LogP contribution in [0.1, 0.15) is 59.2 Å². The summed E-state index contributed by atoms with van der Waals surface area (Å²) in [5, 5.41) is 7.03. The molecule has 298 valence electrons. The van der Waals surface area contributed by atoms with Crippen molar-refractivity contribution < 1.29 is 36.7 Å². The van der Waals surface area contributed by atoms with Gasteiger partial charge >= 0.3 is 0 Å². The highest BCUT2D eigenvalue weighted by molar-refractivity contribution is 7.89.